The predicted octanol–water partition coefficient (Wildman–Crippen LogP) is -0.0157. The molecule has 0 radical (unpaired) electrons. The molecule has 0 aromatic heterocycles. The third kappa shape index (κ3) is 4.61. The fraction of sp³-hybridized carbons (Fsp3) is 0.917. The zero-order chi connectivity index (χ0) is 12.9. The number of amides is 1. The summed E-state index contributed by atoms with van der Waals surface area (Å²) in [6, 6.07) is -0.196. The average molecular weight is 244 g/mol. The highest BCUT2D eigenvalue weighted by Gasteiger charge is 2.32. The maximum atomic E-state index is 11.8. The van der Waals surface area contributed by atoms with Crippen LogP contribution in [0.25, 0.3) is 0 Å². The quantitative estimate of drug-likeness (QED) is 0.668. The number of nitrogens with zero attached hydrogens (tertiary/aromatic N) is 1. The van der Waals surface area contributed by atoms with Gasteiger partial charge < -0.3 is 15.2 Å². The number of nitrogens with one attached hydrogen (secondary N) is 1. The Labute approximate surface area is 103 Å². The minimum Gasteiger partial charge on any atom is -0.389 e. The van der Waals surface area contributed by atoms with Gasteiger partial charge in [-0.15, -0.1) is 0 Å². The van der Waals surface area contributed by atoms with E-state index in [1.54, 1.807) is 7.11 Å². The molecular formula is C12H24N2O3. The van der Waals surface area contributed by atoms with Crippen molar-refractivity contribution in [2.45, 2.75) is 38.3 Å². The molecule has 1 aliphatic rings. The lowest BCUT2D eigenvalue weighted by Gasteiger charge is -2.39. The number of methoxy groups -OCH3 is 1. The summed E-state index contributed by atoms with van der Waals surface area (Å²) in [5, 5.41) is 12.8. The molecule has 5 nitrogen and oxygen atoms in total. The molecule has 0 bridgehead atoms. The first kappa shape index (κ1) is 14.4. The van der Waals surface area contributed by atoms with Gasteiger partial charge in [-0.1, -0.05) is 0 Å². The first-order chi connectivity index (χ1) is 7.96. The number of aliphatic hydroxyl groups is 1. The largest absolute Gasteiger partial charge is 0.389 e. The van der Waals surface area contributed by atoms with Gasteiger partial charge in [0.2, 0.25) is 5.91 Å². The number of rotatable bonds is 5. The van der Waals surface area contributed by atoms with E-state index in [4.69, 9.17) is 4.74 Å². The fourth-order valence-corrected chi connectivity index (χ4v) is 2.18. The molecule has 1 saturated heterocycles. The number of likely N-dealkylation sites (tertiary alicyclic amines) is 1. The molecule has 0 aromatic carbocycles. The van der Waals surface area contributed by atoms with Gasteiger partial charge in [-0.25, -0.2) is 0 Å². The van der Waals surface area contributed by atoms with Crippen LogP contribution in [0.1, 0.15) is 26.7 Å². The molecule has 1 amide bonds. The molecule has 0 spiro atoms. The molecule has 2 unspecified atom stereocenters. The minimum absolute atomic E-state index is 0.000231. The normalized spacial score (nSPS) is 27.8. The van der Waals surface area contributed by atoms with Crippen LogP contribution in [0.2, 0.25) is 0 Å². The average Bonchev–Trinajstić information content (AvgIpc) is 2.27. The summed E-state index contributed by atoms with van der Waals surface area (Å²) in [6.45, 7) is 6.19. The summed E-state index contributed by atoms with van der Waals surface area (Å²) >= 11 is 0. The van der Waals surface area contributed by atoms with Gasteiger partial charge in [0.25, 0.3) is 0 Å². The van der Waals surface area contributed by atoms with Crippen LogP contribution in [-0.2, 0) is 9.53 Å². The molecule has 2 atom stereocenters. The van der Waals surface area contributed by atoms with Gasteiger partial charge >= 0.3 is 0 Å². The summed E-state index contributed by atoms with van der Waals surface area (Å²) in [4.78, 5) is 13.9. The standard InChI is InChI=1S/C12H24N2O3/c1-10(11(15)13-6-8-17-3)14-7-4-5-12(2,16)9-14/h10,16H,4-9H2,1-3H3,(H,13,15). The molecular weight excluding hydrogens is 220 g/mol. The Morgan fingerprint density at radius 2 is 2.35 bits per heavy atom. The van der Waals surface area contributed by atoms with Crippen molar-refractivity contribution in [2.75, 3.05) is 33.4 Å². The van der Waals surface area contributed by atoms with Crippen LogP contribution in [0.3, 0.4) is 0 Å². The second-order valence-corrected chi connectivity index (χ2v) is 5.03. The highest BCUT2D eigenvalue weighted by Crippen LogP contribution is 2.21. The van der Waals surface area contributed by atoms with Crippen molar-refractivity contribution in [3.63, 3.8) is 0 Å². The highest BCUT2D eigenvalue weighted by atomic mass is 16.5. The van der Waals surface area contributed by atoms with Crippen molar-refractivity contribution in [3.8, 4) is 0 Å². The third-order valence-corrected chi connectivity index (χ3v) is 3.24. The Morgan fingerprint density at radius 1 is 1.65 bits per heavy atom. The minimum atomic E-state index is -0.667. The van der Waals surface area contributed by atoms with Crippen LogP contribution < -0.4 is 5.32 Å². The van der Waals surface area contributed by atoms with E-state index in [-0.39, 0.29) is 11.9 Å². The van der Waals surface area contributed by atoms with E-state index in [2.05, 4.69) is 5.32 Å². The number of ether oxygens (including phenoxy) is 1. The topological polar surface area (TPSA) is 61.8 Å². The van der Waals surface area contributed by atoms with Crippen LogP contribution in [0.4, 0.5) is 0 Å². The monoisotopic (exact) mass is 244 g/mol. The fourth-order valence-electron chi connectivity index (χ4n) is 2.18. The van der Waals surface area contributed by atoms with Gasteiger partial charge in [-0.05, 0) is 33.2 Å². The van der Waals surface area contributed by atoms with Gasteiger partial charge in [0.1, 0.15) is 0 Å². The summed E-state index contributed by atoms with van der Waals surface area (Å²) in [6.07, 6.45) is 1.74. The van der Waals surface area contributed by atoms with E-state index < -0.39 is 5.60 Å². The van der Waals surface area contributed by atoms with Crippen molar-refractivity contribution >= 4 is 5.91 Å². The van der Waals surface area contributed by atoms with Crippen molar-refractivity contribution in [3.05, 3.63) is 0 Å². The van der Waals surface area contributed by atoms with Crippen LogP contribution in [0, 0.1) is 0 Å². The maximum absolute atomic E-state index is 11.8. The van der Waals surface area contributed by atoms with Crippen molar-refractivity contribution < 1.29 is 14.6 Å². The van der Waals surface area contributed by atoms with Crippen LogP contribution in [-0.4, -0.2) is 60.9 Å². The molecule has 1 heterocycles. The van der Waals surface area contributed by atoms with E-state index in [9.17, 15) is 9.90 Å². The summed E-state index contributed by atoms with van der Waals surface area (Å²) in [5.41, 5.74) is -0.667. The Balaban J connectivity index is 2.40. The van der Waals surface area contributed by atoms with Crippen LogP contribution in [0.5, 0.6) is 0 Å². The molecule has 1 aliphatic heterocycles. The molecule has 0 aliphatic carbocycles. The number of carbonyl (C=O) groups is 1. The Morgan fingerprint density at radius 3 is 2.94 bits per heavy atom. The number of piperidine rings is 1. The lowest BCUT2D eigenvalue weighted by molar-refractivity contribution is -0.128. The van der Waals surface area contributed by atoms with Gasteiger partial charge in [0, 0.05) is 20.2 Å². The van der Waals surface area contributed by atoms with E-state index in [1.165, 1.54) is 0 Å². The summed E-state index contributed by atoms with van der Waals surface area (Å²) in [7, 11) is 1.61. The second-order valence-electron chi connectivity index (χ2n) is 5.03. The Hall–Kier alpha value is -0.650. The smallest absolute Gasteiger partial charge is 0.237 e. The van der Waals surface area contributed by atoms with Crippen molar-refractivity contribution in [1.29, 1.82) is 0 Å². The van der Waals surface area contributed by atoms with Gasteiger partial charge in [-0.3, -0.25) is 9.69 Å². The molecule has 1 rings (SSSR count). The lowest BCUT2D eigenvalue weighted by atomic mass is 9.94. The Kier molecular flexibility index (Phi) is 5.36. The van der Waals surface area contributed by atoms with Crippen molar-refractivity contribution in [1.82, 2.24) is 10.2 Å². The lowest BCUT2D eigenvalue weighted by Crippen LogP contribution is -2.54. The van der Waals surface area contributed by atoms with Gasteiger partial charge in [0.15, 0.2) is 0 Å². The molecule has 17 heavy (non-hydrogen) atoms. The van der Waals surface area contributed by atoms with E-state index in [1.807, 2.05) is 18.7 Å². The molecule has 2 N–H and O–H groups in total. The van der Waals surface area contributed by atoms with E-state index in [0.29, 0.717) is 19.7 Å². The highest BCUT2D eigenvalue weighted by molar-refractivity contribution is 5.81. The van der Waals surface area contributed by atoms with Crippen LogP contribution in [0.15, 0.2) is 0 Å². The molecule has 0 aromatic rings. The number of β-amino-alcohol motifs (C(OH)–C–C–N with tert-alkyl or cyclic N) is 1. The number of hydrogen-bond donors (Lipinski definition) is 2. The van der Waals surface area contributed by atoms with E-state index >= 15 is 0 Å². The molecule has 5 heteroatoms. The summed E-state index contributed by atoms with van der Waals surface area (Å²) < 4.78 is 4.88. The van der Waals surface area contributed by atoms with Gasteiger partial charge in [-0.2, -0.15) is 0 Å². The second kappa shape index (κ2) is 6.33. The third-order valence-electron chi connectivity index (χ3n) is 3.24. The number of carbonyl (C=O) groups excluding carboxylic acids is 1. The van der Waals surface area contributed by atoms with E-state index in [0.717, 1.165) is 19.4 Å². The Bertz CT molecular complexity index is 256. The zero-order valence-corrected chi connectivity index (χ0v) is 11.0. The van der Waals surface area contributed by atoms with Gasteiger partial charge in [0.05, 0.1) is 18.2 Å². The zero-order valence-electron chi connectivity index (χ0n) is 11.0. The molecule has 0 saturated carbocycles. The van der Waals surface area contributed by atoms with Crippen molar-refractivity contribution in [2.24, 2.45) is 0 Å². The number of hydrogen-bond acceptors (Lipinski definition) is 4. The first-order valence-electron chi connectivity index (χ1n) is 6.19. The molecule has 1 fully saturated rings. The molecule has 100 valence electrons. The maximum Gasteiger partial charge on any atom is 0.237 e. The predicted molar refractivity (Wildman–Crippen MR) is 65.8 cm³/mol. The summed E-state index contributed by atoms with van der Waals surface area (Å²) in [5.74, 6) is -0.000231. The first-order valence-corrected chi connectivity index (χ1v) is 6.19. The SMILES string of the molecule is COCCNC(=O)C(C)N1CCCC(C)(O)C1. The van der Waals surface area contributed by atoms with Crippen LogP contribution >= 0.6 is 0 Å².